The fourth-order valence-electron chi connectivity index (χ4n) is 1.65. The summed E-state index contributed by atoms with van der Waals surface area (Å²) in [6.45, 7) is 4.24. The first kappa shape index (κ1) is 8.57. The van der Waals surface area contributed by atoms with Gasteiger partial charge in [0.1, 0.15) is 6.10 Å². The lowest BCUT2D eigenvalue weighted by Crippen LogP contribution is -2.14. The van der Waals surface area contributed by atoms with E-state index in [4.69, 9.17) is 4.74 Å². The first-order chi connectivity index (χ1) is 5.27. The molecule has 2 atom stereocenters. The minimum absolute atomic E-state index is 0.00435. The van der Waals surface area contributed by atoms with Crippen molar-refractivity contribution in [3.05, 3.63) is 0 Å². The lowest BCUT2D eigenvalue weighted by molar-refractivity contribution is -0.141. The molecule has 0 unspecified atom stereocenters. The van der Waals surface area contributed by atoms with Gasteiger partial charge in [-0.05, 0) is 12.8 Å². The van der Waals surface area contributed by atoms with Crippen molar-refractivity contribution in [1.82, 2.24) is 0 Å². The van der Waals surface area contributed by atoms with E-state index >= 15 is 0 Å². The molecule has 1 aliphatic rings. The molecule has 0 aromatic rings. The smallest absolute Gasteiger partial charge is 0.306 e. The van der Waals surface area contributed by atoms with Crippen LogP contribution >= 0.6 is 0 Å². The molecule has 2 nitrogen and oxygen atoms in total. The van der Waals surface area contributed by atoms with E-state index in [0.29, 0.717) is 12.3 Å². The predicted molar refractivity (Wildman–Crippen MR) is 43.2 cm³/mol. The topological polar surface area (TPSA) is 26.3 Å². The van der Waals surface area contributed by atoms with Crippen LogP contribution in [-0.4, -0.2) is 12.1 Å². The molecule has 0 bridgehead atoms. The van der Waals surface area contributed by atoms with Crippen LogP contribution < -0.4 is 0 Å². The lowest BCUT2D eigenvalue weighted by atomic mass is 9.95. The Hall–Kier alpha value is -0.530. The van der Waals surface area contributed by atoms with Crippen LogP contribution in [0.2, 0.25) is 0 Å². The average Bonchev–Trinajstić information content (AvgIpc) is 2.32. The number of cyclic esters (lactones) is 1. The number of carbonyl (C=O) groups is 1. The van der Waals surface area contributed by atoms with Gasteiger partial charge in [-0.2, -0.15) is 0 Å². The van der Waals surface area contributed by atoms with Crippen molar-refractivity contribution >= 4 is 5.97 Å². The molecule has 64 valence electrons. The van der Waals surface area contributed by atoms with Crippen LogP contribution in [0.5, 0.6) is 0 Å². The summed E-state index contributed by atoms with van der Waals surface area (Å²) in [7, 11) is 0. The Labute approximate surface area is 67.9 Å². The van der Waals surface area contributed by atoms with Crippen LogP contribution in [0.3, 0.4) is 0 Å². The maximum atomic E-state index is 10.9. The van der Waals surface area contributed by atoms with Crippen molar-refractivity contribution in [2.45, 2.75) is 45.6 Å². The van der Waals surface area contributed by atoms with Gasteiger partial charge in [-0.3, -0.25) is 4.79 Å². The van der Waals surface area contributed by atoms with Crippen LogP contribution in [0, 0.1) is 5.92 Å². The molecule has 1 fully saturated rings. The van der Waals surface area contributed by atoms with Gasteiger partial charge in [0.15, 0.2) is 0 Å². The Morgan fingerprint density at radius 1 is 1.55 bits per heavy atom. The van der Waals surface area contributed by atoms with Gasteiger partial charge in [0.25, 0.3) is 0 Å². The van der Waals surface area contributed by atoms with Gasteiger partial charge in [-0.1, -0.05) is 20.3 Å². The van der Waals surface area contributed by atoms with E-state index in [1.807, 2.05) is 0 Å². The van der Waals surface area contributed by atoms with E-state index in [-0.39, 0.29) is 12.1 Å². The zero-order valence-electron chi connectivity index (χ0n) is 7.30. The second kappa shape index (κ2) is 3.74. The standard InChI is InChI=1S/C9H16O2/c1-3-5-8-7(4-2)6-9(10)11-8/h7-8H,3-6H2,1-2H3/t7-,8+/m0/s1. The summed E-state index contributed by atoms with van der Waals surface area (Å²) in [6.07, 6.45) is 4.06. The number of rotatable bonds is 3. The van der Waals surface area contributed by atoms with Gasteiger partial charge < -0.3 is 4.74 Å². The Bertz CT molecular complexity index is 142. The molecule has 2 heteroatoms. The van der Waals surface area contributed by atoms with E-state index in [2.05, 4.69) is 13.8 Å². The van der Waals surface area contributed by atoms with Gasteiger partial charge in [0.05, 0.1) is 6.42 Å². The third-order valence-corrected chi connectivity index (χ3v) is 2.34. The highest BCUT2D eigenvalue weighted by molar-refractivity contribution is 5.72. The average molecular weight is 156 g/mol. The third kappa shape index (κ3) is 1.95. The van der Waals surface area contributed by atoms with E-state index in [0.717, 1.165) is 19.3 Å². The SMILES string of the molecule is CCC[C@H]1OC(=O)C[C@@H]1CC. The highest BCUT2D eigenvalue weighted by atomic mass is 16.5. The Balaban J connectivity index is 2.43. The van der Waals surface area contributed by atoms with E-state index < -0.39 is 0 Å². The lowest BCUT2D eigenvalue weighted by Gasteiger charge is -2.13. The van der Waals surface area contributed by atoms with Crippen molar-refractivity contribution in [3.8, 4) is 0 Å². The Morgan fingerprint density at radius 2 is 2.27 bits per heavy atom. The molecule has 1 rings (SSSR count). The van der Waals surface area contributed by atoms with Gasteiger partial charge in [-0.15, -0.1) is 0 Å². The van der Waals surface area contributed by atoms with E-state index in [1.165, 1.54) is 0 Å². The van der Waals surface area contributed by atoms with Crippen LogP contribution in [0.1, 0.15) is 39.5 Å². The number of ether oxygens (including phenoxy) is 1. The molecule has 0 spiro atoms. The van der Waals surface area contributed by atoms with Crippen molar-refractivity contribution in [2.24, 2.45) is 5.92 Å². The van der Waals surface area contributed by atoms with E-state index in [9.17, 15) is 4.79 Å². The molecule has 0 radical (unpaired) electrons. The molecule has 1 aliphatic heterocycles. The maximum Gasteiger partial charge on any atom is 0.306 e. The second-order valence-electron chi connectivity index (χ2n) is 3.19. The zero-order chi connectivity index (χ0) is 8.27. The normalized spacial score (nSPS) is 30.5. The second-order valence-corrected chi connectivity index (χ2v) is 3.19. The summed E-state index contributed by atoms with van der Waals surface area (Å²) in [4.78, 5) is 10.9. The summed E-state index contributed by atoms with van der Waals surface area (Å²) >= 11 is 0. The predicted octanol–water partition coefficient (Wildman–Crippen LogP) is 2.13. The van der Waals surface area contributed by atoms with Gasteiger partial charge in [0, 0.05) is 5.92 Å². The largest absolute Gasteiger partial charge is 0.462 e. The van der Waals surface area contributed by atoms with Crippen LogP contribution in [0.4, 0.5) is 0 Å². The van der Waals surface area contributed by atoms with Crippen molar-refractivity contribution in [2.75, 3.05) is 0 Å². The summed E-state index contributed by atoms with van der Waals surface area (Å²) in [5, 5.41) is 0. The summed E-state index contributed by atoms with van der Waals surface area (Å²) in [6, 6.07) is 0. The van der Waals surface area contributed by atoms with Crippen molar-refractivity contribution in [3.63, 3.8) is 0 Å². The van der Waals surface area contributed by atoms with Crippen molar-refractivity contribution < 1.29 is 9.53 Å². The minimum atomic E-state index is -0.00435. The first-order valence-corrected chi connectivity index (χ1v) is 4.47. The fourth-order valence-corrected chi connectivity index (χ4v) is 1.65. The van der Waals surface area contributed by atoms with Crippen LogP contribution in [0.25, 0.3) is 0 Å². The zero-order valence-corrected chi connectivity index (χ0v) is 7.30. The first-order valence-electron chi connectivity index (χ1n) is 4.47. The molecule has 1 heterocycles. The molecule has 0 aromatic carbocycles. The number of esters is 1. The highest BCUT2D eigenvalue weighted by Gasteiger charge is 2.32. The molecule has 11 heavy (non-hydrogen) atoms. The van der Waals surface area contributed by atoms with Crippen molar-refractivity contribution in [1.29, 1.82) is 0 Å². The minimum Gasteiger partial charge on any atom is -0.462 e. The quantitative estimate of drug-likeness (QED) is 0.585. The molecule has 0 aromatic heterocycles. The highest BCUT2D eigenvalue weighted by Crippen LogP contribution is 2.27. The molecule has 0 N–H and O–H groups in total. The van der Waals surface area contributed by atoms with Crippen LogP contribution in [-0.2, 0) is 9.53 Å². The number of hydrogen-bond acceptors (Lipinski definition) is 2. The Kier molecular flexibility index (Phi) is 2.92. The van der Waals surface area contributed by atoms with Gasteiger partial charge >= 0.3 is 5.97 Å². The van der Waals surface area contributed by atoms with Crippen LogP contribution in [0.15, 0.2) is 0 Å². The molecule has 0 saturated carbocycles. The molecular formula is C9H16O2. The van der Waals surface area contributed by atoms with Gasteiger partial charge in [0.2, 0.25) is 0 Å². The monoisotopic (exact) mass is 156 g/mol. The molecule has 0 amide bonds. The molecule has 0 aliphatic carbocycles. The summed E-state index contributed by atoms with van der Waals surface area (Å²) < 4.78 is 5.17. The van der Waals surface area contributed by atoms with E-state index in [1.54, 1.807) is 0 Å². The molecule has 1 saturated heterocycles. The molecular weight excluding hydrogens is 140 g/mol. The van der Waals surface area contributed by atoms with Gasteiger partial charge in [-0.25, -0.2) is 0 Å². The number of carbonyl (C=O) groups excluding carboxylic acids is 1. The third-order valence-electron chi connectivity index (χ3n) is 2.34. The summed E-state index contributed by atoms with van der Waals surface area (Å²) in [5.74, 6) is 0.484. The summed E-state index contributed by atoms with van der Waals surface area (Å²) in [5.41, 5.74) is 0. The Morgan fingerprint density at radius 3 is 2.82 bits per heavy atom. The fraction of sp³-hybridized carbons (Fsp3) is 0.889. The number of hydrogen-bond donors (Lipinski definition) is 0. The maximum absolute atomic E-state index is 10.9.